The molecule has 1 nitrogen and oxygen atoms in total. The number of aryl methyl sites for hydroxylation is 1. The normalized spacial score (nSPS) is 8.22. The predicted octanol–water partition coefficient (Wildman–Crippen LogP) is 4.43. The van der Waals surface area contributed by atoms with Crippen LogP contribution in [0.25, 0.3) is 11.1 Å². The molecular formula is C17H23N. The first-order valence-corrected chi connectivity index (χ1v) is 6.04. The highest BCUT2D eigenvalue weighted by molar-refractivity contribution is 5.63. The second-order valence-electron chi connectivity index (χ2n) is 3.64. The molecule has 1 heteroatoms. The summed E-state index contributed by atoms with van der Waals surface area (Å²) in [7, 11) is 1.50. The molecule has 0 spiro atoms. The first-order valence-electron chi connectivity index (χ1n) is 6.04. The number of hydrogen-bond donors (Lipinski definition) is 1. The van der Waals surface area contributed by atoms with Gasteiger partial charge in [-0.05, 0) is 32.0 Å². The lowest BCUT2D eigenvalue weighted by molar-refractivity contribution is 1.47. The van der Waals surface area contributed by atoms with Crippen LogP contribution in [0.2, 0.25) is 0 Å². The molecule has 0 bridgehead atoms. The fourth-order valence-corrected chi connectivity index (χ4v) is 1.46. The lowest BCUT2D eigenvalue weighted by atomic mass is 10.0. The summed E-state index contributed by atoms with van der Waals surface area (Å²) >= 11 is 0. The molecule has 18 heavy (non-hydrogen) atoms. The molecule has 0 aliphatic carbocycles. The van der Waals surface area contributed by atoms with Crippen molar-refractivity contribution in [1.82, 2.24) is 0 Å². The maximum Gasteiger partial charge on any atom is -0.0181 e. The van der Waals surface area contributed by atoms with E-state index in [0.29, 0.717) is 0 Å². The molecule has 0 radical (unpaired) electrons. The molecular weight excluding hydrogens is 218 g/mol. The quantitative estimate of drug-likeness (QED) is 0.734. The van der Waals surface area contributed by atoms with E-state index in [1.54, 1.807) is 6.08 Å². The van der Waals surface area contributed by atoms with Gasteiger partial charge in [0.15, 0.2) is 0 Å². The molecule has 0 unspecified atom stereocenters. The third-order valence-electron chi connectivity index (χ3n) is 2.13. The third kappa shape index (κ3) is 6.02. The summed E-state index contributed by atoms with van der Waals surface area (Å²) in [4.78, 5) is 0. The van der Waals surface area contributed by atoms with Crippen LogP contribution in [0.5, 0.6) is 0 Å². The van der Waals surface area contributed by atoms with Gasteiger partial charge in [0.25, 0.3) is 0 Å². The van der Waals surface area contributed by atoms with Crippen LogP contribution < -0.4 is 5.73 Å². The van der Waals surface area contributed by atoms with Crippen molar-refractivity contribution in [3.8, 4) is 11.1 Å². The molecule has 0 fully saturated rings. The molecule has 0 atom stereocenters. The number of allylic oxidation sites excluding steroid dienone is 1. The molecule has 0 saturated carbocycles. The van der Waals surface area contributed by atoms with Gasteiger partial charge in [0.2, 0.25) is 0 Å². The number of benzene rings is 2. The van der Waals surface area contributed by atoms with E-state index >= 15 is 0 Å². The Morgan fingerprint density at radius 3 is 1.89 bits per heavy atom. The molecule has 0 aliphatic rings. The summed E-state index contributed by atoms with van der Waals surface area (Å²) in [5.74, 6) is 0. The molecule has 96 valence electrons. The van der Waals surface area contributed by atoms with Crippen LogP contribution in [0.1, 0.15) is 12.5 Å². The zero-order chi connectivity index (χ0) is 13.8. The highest BCUT2D eigenvalue weighted by Gasteiger charge is 1.94. The second kappa shape index (κ2) is 10.3. The van der Waals surface area contributed by atoms with Gasteiger partial charge in [0, 0.05) is 0 Å². The first-order chi connectivity index (χ1) is 8.77. The molecule has 0 aromatic heterocycles. The lowest BCUT2D eigenvalue weighted by Gasteiger charge is -2.01. The summed E-state index contributed by atoms with van der Waals surface area (Å²) in [5.41, 5.74) is 8.38. The van der Waals surface area contributed by atoms with Gasteiger partial charge < -0.3 is 5.73 Å². The van der Waals surface area contributed by atoms with E-state index in [1.807, 2.05) is 13.0 Å². The Balaban J connectivity index is 0.000000509. The highest BCUT2D eigenvalue weighted by atomic mass is 14.4. The Hall–Kier alpha value is -1.86. The van der Waals surface area contributed by atoms with Gasteiger partial charge >= 0.3 is 0 Å². The van der Waals surface area contributed by atoms with E-state index in [4.69, 9.17) is 0 Å². The van der Waals surface area contributed by atoms with Crippen molar-refractivity contribution < 1.29 is 0 Å². The fraction of sp³-hybridized carbons (Fsp3) is 0.176. The molecule has 2 aromatic rings. The van der Waals surface area contributed by atoms with Crippen molar-refractivity contribution >= 4 is 0 Å². The van der Waals surface area contributed by atoms with E-state index < -0.39 is 0 Å². The van der Waals surface area contributed by atoms with Crippen LogP contribution in [-0.4, -0.2) is 7.05 Å². The molecule has 2 aromatic carbocycles. The molecule has 0 amide bonds. The summed E-state index contributed by atoms with van der Waals surface area (Å²) in [6.07, 6.45) is 1.75. The largest absolute Gasteiger partial charge is 0.333 e. The number of nitrogens with two attached hydrogens (primary N) is 1. The van der Waals surface area contributed by atoms with Gasteiger partial charge in [-0.2, -0.15) is 0 Å². The van der Waals surface area contributed by atoms with E-state index in [1.165, 1.54) is 23.7 Å². The molecule has 2 N–H and O–H groups in total. The maximum absolute atomic E-state index is 4.50. The van der Waals surface area contributed by atoms with Gasteiger partial charge in [-0.1, -0.05) is 66.2 Å². The Bertz CT molecular complexity index is 432. The van der Waals surface area contributed by atoms with Crippen molar-refractivity contribution in [2.24, 2.45) is 5.73 Å². The lowest BCUT2D eigenvalue weighted by Crippen LogP contribution is -1.77. The van der Waals surface area contributed by atoms with Gasteiger partial charge in [-0.3, -0.25) is 0 Å². The minimum absolute atomic E-state index is 1.28. The Labute approximate surface area is 111 Å². The van der Waals surface area contributed by atoms with Crippen LogP contribution in [0.15, 0.2) is 67.3 Å². The smallest absolute Gasteiger partial charge is 0.0181 e. The van der Waals surface area contributed by atoms with Crippen LogP contribution in [-0.2, 0) is 0 Å². The van der Waals surface area contributed by atoms with Gasteiger partial charge in [-0.25, -0.2) is 0 Å². The van der Waals surface area contributed by atoms with Gasteiger partial charge in [0.05, 0.1) is 0 Å². The van der Waals surface area contributed by atoms with Crippen molar-refractivity contribution in [3.63, 3.8) is 0 Å². The SMILES string of the molecule is C=CC.CN.Cc1cccc(-c2ccccc2)c1. The van der Waals surface area contributed by atoms with Gasteiger partial charge in [0.1, 0.15) is 0 Å². The third-order valence-corrected chi connectivity index (χ3v) is 2.13. The van der Waals surface area contributed by atoms with Gasteiger partial charge in [-0.15, -0.1) is 6.58 Å². The van der Waals surface area contributed by atoms with E-state index in [2.05, 4.69) is 67.8 Å². The number of rotatable bonds is 1. The molecule has 0 heterocycles. The number of hydrogen-bond acceptors (Lipinski definition) is 1. The van der Waals surface area contributed by atoms with E-state index in [9.17, 15) is 0 Å². The first kappa shape index (κ1) is 16.1. The van der Waals surface area contributed by atoms with Crippen LogP contribution >= 0.6 is 0 Å². The molecule has 2 rings (SSSR count). The van der Waals surface area contributed by atoms with E-state index in [-0.39, 0.29) is 0 Å². The maximum atomic E-state index is 4.50. The van der Waals surface area contributed by atoms with E-state index in [0.717, 1.165) is 0 Å². The summed E-state index contributed by atoms with van der Waals surface area (Å²) in [6.45, 7) is 7.37. The Kier molecular flexibility index (Phi) is 9.24. The second-order valence-corrected chi connectivity index (χ2v) is 3.64. The summed E-state index contributed by atoms with van der Waals surface area (Å²) < 4.78 is 0. The average molecular weight is 241 g/mol. The fourth-order valence-electron chi connectivity index (χ4n) is 1.46. The Morgan fingerprint density at radius 2 is 1.39 bits per heavy atom. The van der Waals surface area contributed by atoms with Crippen LogP contribution in [0.4, 0.5) is 0 Å². The Morgan fingerprint density at radius 1 is 0.889 bits per heavy atom. The highest BCUT2D eigenvalue weighted by Crippen LogP contribution is 2.19. The molecule has 0 aliphatic heterocycles. The van der Waals surface area contributed by atoms with Crippen molar-refractivity contribution in [1.29, 1.82) is 0 Å². The zero-order valence-corrected chi connectivity index (χ0v) is 11.6. The predicted molar refractivity (Wildman–Crippen MR) is 82.6 cm³/mol. The standard InChI is InChI=1S/C13H12.C3H6.CH5N/c1-11-6-5-9-13(10-11)12-7-3-2-4-8-12;1-3-2;1-2/h2-10H,1H3;3H,1H2,2H3;2H2,1H3. The summed E-state index contributed by atoms with van der Waals surface area (Å²) in [5, 5.41) is 0. The zero-order valence-electron chi connectivity index (χ0n) is 11.6. The van der Waals surface area contributed by atoms with Crippen LogP contribution in [0, 0.1) is 6.92 Å². The van der Waals surface area contributed by atoms with Crippen molar-refractivity contribution in [2.75, 3.05) is 7.05 Å². The average Bonchev–Trinajstić information content (AvgIpc) is 2.43. The summed E-state index contributed by atoms with van der Waals surface area (Å²) in [6, 6.07) is 19.0. The van der Waals surface area contributed by atoms with Crippen LogP contribution in [0.3, 0.4) is 0 Å². The van der Waals surface area contributed by atoms with Crippen molar-refractivity contribution in [3.05, 3.63) is 72.8 Å². The molecule has 0 saturated heterocycles. The minimum Gasteiger partial charge on any atom is -0.333 e. The minimum atomic E-state index is 1.28. The topological polar surface area (TPSA) is 26.0 Å². The van der Waals surface area contributed by atoms with Crippen molar-refractivity contribution in [2.45, 2.75) is 13.8 Å². The monoisotopic (exact) mass is 241 g/mol.